The molecular formula is C11H14BrClN2O. The molecule has 5 heteroatoms. The summed E-state index contributed by atoms with van der Waals surface area (Å²) in [5, 5.41) is 3.94. The molecule has 0 atom stereocenters. The Balaban J connectivity index is 1.88. The first-order valence-electron chi connectivity index (χ1n) is 5.38. The lowest BCUT2D eigenvalue weighted by Gasteiger charge is -2.22. The van der Waals surface area contributed by atoms with Crippen molar-refractivity contribution in [1.82, 2.24) is 4.98 Å². The second kappa shape index (κ2) is 5.84. The summed E-state index contributed by atoms with van der Waals surface area (Å²) in [6, 6.07) is 1.85. The summed E-state index contributed by atoms with van der Waals surface area (Å²) in [7, 11) is 0. The molecule has 0 aromatic carbocycles. The molecule has 1 saturated heterocycles. The van der Waals surface area contributed by atoms with Gasteiger partial charge in [-0.3, -0.25) is 0 Å². The number of hydrogen-bond donors (Lipinski definition) is 1. The topological polar surface area (TPSA) is 34.2 Å². The molecule has 0 saturated carbocycles. The van der Waals surface area contributed by atoms with Crippen LogP contribution in [0.1, 0.15) is 12.8 Å². The minimum Gasteiger partial charge on any atom is -0.381 e. The van der Waals surface area contributed by atoms with E-state index in [2.05, 4.69) is 26.2 Å². The molecule has 3 nitrogen and oxygen atoms in total. The van der Waals surface area contributed by atoms with Crippen LogP contribution in [0.2, 0.25) is 5.02 Å². The summed E-state index contributed by atoms with van der Waals surface area (Å²) in [5.74, 6) is 1.42. The zero-order valence-electron chi connectivity index (χ0n) is 8.88. The molecule has 2 rings (SSSR count). The smallest absolute Gasteiger partial charge is 0.144 e. The number of anilines is 1. The van der Waals surface area contributed by atoms with Crippen molar-refractivity contribution >= 4 is 33.3 Å². The molecule has 1 fully saturated rings. The number of aromatic nitrogens is 1. The quantitative estimate of drug-likeness (QED) is 0.930. The maximum Gasteiger partial charge on any atom is 0.144 e. The summed E-state index contributed by atoms with van der Waals surface area (Å²) in [6.07, 6.45) is 3.97. The third-order valence-electron chi connectivity index (χ3n) is 2.71. The van der Waals surface area contributed by atoms with Gasteiger partial charge in [0.25, 0.3) is 0 Å². The van der Waals surface area contributed by atoms with Crippen LogP contribution >= 0.6 is 27.5 Å². The summed E-state index contributed by atoms with van der Waals surface area (Å²) >= 11 is 9.40. The monoisotopic (exact) mass is 304 g/mol. The van der Waals surface area contributed by atoms with Crippen molar-refractivity contribution in [1.29, 1.82) is 0 Å². The molecule has 16 heavy (non-hydrogen) atoms. The molecule has 0 spiro atoms. The van der Waals surface area contributed by atoms with E-state index in [1.165, 1.54) is 0 Å². The van der Waals surface area contributed by atoms with Crippen LogP contribution in [0.3, 0.4) is 0 Å². The predicted molar refractivity (Wildman–Crippen MR) is 69.0 cm³/mol. The second-order valence-corrected chi connectivity index (χ2v) is 5.24. The highest BCUT2D eigenvalue weighted by Gasteiger charge is 2.14. The van der Waals surface area contributed by atoms with Gasteiger partial charge in [0.1, 0.15) is 5.82 Å². The number of nitrogens with zero attached hydrogens (tertiary/aromatic N) is 1. The molecule has 0 aliphatic carbocycles. The van der Waals surface area contributed by atoms with E-state index < -0.39 is 0 Å². The summed E-state index contributed by atoms with van der Waals surface area (Å²) in [6.45, 7) is 2.65. The van der Waals surface area contributed by atoms with E-state index in [9.17, 15) is 0 Å². The minimum absolute atomic E-state index is 0.654. The standard InChI is InChI=1S/C11H14BrClN2O/c12-9-5-10(13)11(15-7-9)14-6-8-1-3-16-4-2-8/h5,7-8H,1-4,6H2,(H,14,15). The highest BCUT2D eigenvalue weighted by molar-refractivity contribution is 9.10. The first-order valence-corrected chi connectivity index (χ1v) is 6.55. The van der Waals surface area contributed by atoms with Gasteiger partial charge in [0, 0.05) is 30.4 Å². The molecule has 0 amide bonds. The zero-order valence-corrected chi connectivity index (χ0v) is 11.2. The molecule has 2 heterocycles. The van der Waals surface area contributed by atoms with E-state index in [-0.39, 0.29) is 0 Å². The average molecular weight is 306 g/mol. The molecule has 1 N–H and O–H groups in total. The molecule has 0 bridgehead atoms. The fraction of sp³-hybridized carbons (Fsp3) is 0.545. The van der Waals surface area contributed by atoms with Gasteiger partial charge in [-0.15, -0.1) is 0 Å². The normalized spacial score (nSPS) is 17.4. The van der Waals surface area contributed by atoms with Crippen molar-refractivity contribution < 1.29 is 4.74 Å². The van der Waals surface area contributed by atoms with Gasteiger partial charge in [0.05, 0.1) is 5.02 Å². The van der Waals surface area contributed by atoms with Gasteiger partial charge in [-0.2, -0.15) is 0 Å². The molecule has 1 aromatic heterocycles. The molecule has 88 valence electrons. The maximum absolute atomic E-state index is 6.07. The molecule has 1 aromatic rings. The molecule has 1 aliphatic rings. The number of pyridine rings is 1. The van der Waals surface area contributed by atoms with Gasteiger partial charge in [-0.1, -0.05) is 11.6 Å². The Hall–Kier alpha value is -0.320. The van der Waals surface area contributed by atoms with Gasteiger partial charge in [0.2, 0.25) is 0 Å². The largest absolute Gasteiger partial charge is 0.381 e. The number of hydrogen-bond acceptors (Lipinski definition) is 3. The Kier molecular flexibility index (Phi) is 4.44. The lowest BCUT2D eigenvalue weighted by Crippen LogP contribution is -2.23. The molecular weight excluding hydrogens is 291 g/mol. The number of halogens is 2. The van der Waals surface area contributed by atoms with Crippen molar-refractivity contribution in [3.8, 4) is 0 Å². The van der Waals surface area contributed by atoms with E-state index in [1.807, 2.05) is 6.07 Å². The van der Waals surface area contributed by atoms with Gasteiger partial charge in [-0.25, -0.2) is 4.98 Å². The number of nitrogens with one attached hydrogen (secondary N) is 1. The van der Waals surface area contributed by atoms with Crippen LogP contribution < -0.4 is 5.32 Å². The Morgan fingerprint density at radius 3 is 2.94 bits per heavy atom. The van der Waals surface area contributed by atoms with Crippen LogP contribution in [0, 0.1) is 5.92 Å². The van der Waals surface area contributed by atoms with Crippen molar-refractivity contribution in [2.24, 2.45) is 5.92 Å². The minimum atomic E-state index is 0.654. The van der Waals surface area contributed by atoms with Crippen molar-refractivity contribution in [2.75, 3.05) is 25.1 Å². The van der Waals surface area contributed by atoms with E-state index in [1.54, 1.807) is 6.20 Å². The van der Waals surface area contributed by atoms with Crippen LogP contribution in [0.4, 0.5) is 5.82 Å². The SMILES string of the molecule is Clc1cc(Br)cnc1NCC1CCOCC1. The molecule has 0 radical (unpaired) electrons. The van der Waals surface area contributed by atoms with Crippen LogP contribution in [0.15, 0.2) is 16.7 Å². The van der Waals surface area contributed by atoms with E-state index in [4.69, 9.17) is 16.3 Å². The maximum atomic E-state index is 6.07. The van der Waals surface area contributed by atoms with Gasteiger partial charge in [0.15, 0.2) is 0 Å². The summed E-state index contributed by atoms with van der Waals surface area (Å²) in [4.78, 5) is 4.24. The van der Waals surface area contributed by atoms with Gasteiger partial charge < -0.3 is 10.1 Å². The second-order valence-electron chi connectivity index (χ2n) is 3.92. The summed E-state index contributed by atoms with van der Waals surface area (Å²) in [5.41, 5.74) is 0. The highest BCUT2D eigenvalue weighted by Crippen LogP contribution is 2.24. The Labute approximate surface area is 109 Å². The van der Waals surface area contributed by atoms with Crippen molar-refractivity contribution in [3.63, 3.8) is 0 Å². The lowest BCUT2D eigenvalue weighted by molar-refractivity contribution is 0.0699. The van der Waals surface area contributed by atoms with E-state index in [0.717, 1.165) is 42.9 Å². The first-order chi connectivity index (χ1) is 7.75. The molecule has 1 aliphatic heterocycles. The fourth-order valence-corrected chi connectivity index (χ4v) is 2.43. The van der Waals surface area contributed by atoms with Gasteiger partial charge >= 0.3 is 0 Å². The summed E-state index contributed by atoms with van der Waals surface area (Å²) < 4.78 is 6.21. The van der Waals surface area contributed by atoms with Gasteiger partial charge in [-0.05, 0) is 40.8 Å². The highest BCUT2D eigenvalue weighted by atomic mass is 79.9. The first kappa shape index (κ1) is 12.1. The Morgan fingerprint density at radius 1 is 1.50 bits per heavy atom. The predicted octanol–water partition coefficient (Wildman–Crippen LogP) is 3.34. The van der Waals surface area contributed by atoms with E-state index >= 15 is 0 Å². The Morgan fingerprint density at radius 2 is 2.25 bits per heavy atom. The Bertz CT molecular complexity index is 356. The third-order valence-corrected chi connectivity index (χ3v) is 3.43. The van der Waals surface area contributed by atoms with Crippen molar-refractivity contribution in [2.45, 2.75) is 12.8 Å². The molecule has 0 unspecified atom stereocenters. The van der Waals surface area contributed by atoms with Crippen LogP contribution in [0.25, 0.3) is 0 Å². The third kappa shape index (κ3) is 3.34. The lowest BCUT2D eigenvalue weighted by atomic mass is 10.0. The average Bonchev–Trinajstić information content (AvgIpc) is 2.29. The van der Waals surface area contributed by atoms with Crippen LogP contribution in [-0.4, -0.2) is 24.7 Å². The number of ether oxygens (including phenoxy) is 1. The zero-order chi connectivity index (χ0) is 11.4. The van der Waals surface area contributed by atoms with Crippen molar-refractivity contribution in [3.05, 3.63) is 21.8 Å². The van der Waals surface area contributed by atoms with Crippen LogP contribution in [-0.2, 0) is 4.74 Å². The van der Waals surface area contributed by atoms with Crippen LogP contribution in [0.5, 0.6) is 0 Å². The number of rotatable bonds is 3. The fourth-order valence-electron chi connectivity index (χ4n) is 1.74. The van der Waals surface area contributed by atoms with E-state index in [0.29, 0.717) is 10.9 Å².